The van der Waals surface area contributed by atoms with Crippen LogP contribution in [0.1, 0.15) is 26.1 Å². The number of hydrogen-bond donors (Lipinski definition) is 1. The molecule has 0 aliphatic carbocycles. The first-order valence-corrected chi connectivity index (χ1v) is 8.27. The zero-order valence-corrected chi connectivity index (χ0v) is 14.6. The third kappa shape index (κ3) is 3.48. The van der Waals surface area contributed by atoms with Crippen molar-refractivity contribution < 1.29 is 9.53 Å². The monoisotopic (exact) mass is 332 g/mol. The van der Waals surface area contributed by atoms with Crippen LogP contribution in [-0.2, 0) is 16.6 Å². The van der Waals surface area contributed by atoms with E-state index in [1.165, 1.54) is 0 Å². The van der Waals surface area contributed by atoms with Crippen molar-refractivity contribution in [3.8, 4) is 0 Å². The molecule has 2 atom stereocenters. The molecule has 0 saturated carbocycles. The Morgan fingerprint density at radius 2 is 2.04 bits per heavy atom. The van der Waals surface area contributed by atoms with Gasteiger partial charge in [0, 0.05) is 33.1 Å². The Labute approximate surface area is 141 Å². The van der Waals surface area contributed by atoms with Gasteiger partial charge in [0.15, 0.2) is 5.65 Å². The SMILES string of the molecule is Cc1nc(NCCC(=O)N2C[C@@H](C)O[C@@H](C)C2)c2cnn(C)c2n1. The summed E-state index contributed by atoms with van der Waals surface area (Å²) in [6.07, 6.45) is 2.34. The molecule has 1 amide bonds. The van der Waals surface area contributed by atoms with Crippen molar-refractivity contribution in [3.63, 3.8) is 0 Å². The normalized spacial score (nSPS) is 21.2. The molecule has 0 bridgehead atoms. The number of carbonyl (C=O) groups excluding carboxylic acids is 1. The highest BCUT2D eigenvalue weighted by Crippen LogP contribution is 2.19. The maximum absolute atomic E-state index is 12.4. The Bertz CT molecular complexity index is 733. The van der Waals surface area contributed by atoms with E-state index in [1.807, 2.05) is 32.7 Å². The van der Waals surface area contributed by atoms with E-state index >= 15 is 0 Å². The molecule has 1 N–H and O–H groups in total. The maximum Gasteiger partial charge on any atom is 0.224 e. The summed E-state index contributed by atoms with van der Waals surface area (Å²) in [5, 5.41) is 8.33. The molecule has 0 radical (unpaired) electrons. The van der Waals surface area contributed by atoms with E-state index in [4.69, 9.17) is 4.74 Å². The van der Waals surface area contributed by atoms with Gasteiger partial charge in [0.05, 0.1) is 23.8 Å². The molecule has 8 heteroatoms. The van der Waals surface area contributed by atoms with Gasteiger partial charge in [0.2, 0.25) is 5.91 Å². The number of hydrogen-bond acceptors (Lipinski definition) is 6. The highest BCUT2D eigenvalue weighted by atomic mass is 16.5. The Balaban J connectivity index is 1.61. The van der Waals surface area contributed by atoms with Gasteiger partial charge in [-0.15, -0.1) is 0 Å². The van der Waals surface area contributed by atoms with Crippen LogP contribution >= 0.6 is 0 Å². The van der Waals surface area contributed by atoms with Crippen LogP contribution in [0.2, 0.25) is 0 Å². The zero-order valence-electron chi connectivity index (χ0n) is 14.6. The Kier molecular flexibility index (Phi) is 4.66. The molecule has 1 saturated heterocycles. The molecule has 0 aromatic carbocycles. The second kappa shape index (κ2) is 6.72. The number of nitrogens with zero attached hydrogens (tertiary/aromatic N) is 5. The van der Waals surface area contributed by atoms with Gasteiger partial charge in [-0.1, -0.05) is 0 Å². The summed E-state index contributed by atoms with van der Waals surface area (Å²) in [7, 11) is 1.85. The molecule has 3 heterocycles. The summed E-state index contributed by atoms with van der Waals surface area (Å²) >= 11 is 0. The summed E-state index contributed by atoms with van der Waals surface area (Å²) in [6.45, 7) is 7.68. The van der Waals surface area contributed by atoms with Crippen LogP contribution in [0.25, 0.3) is 11.0 Å². The number of amides is 1. The van der Waals surface area contributed by atoms with E-state index in [9.17, 15) is 4.79 Å². The molecule has 24 heavy (non-hydrogen) atoms. The average molecular weight is 332 g/mol. The van der Waals surface area contributed by atoms with E-state index < -0.39 is 0 Å². The van der Waals surface area contributed by atoms with Gasteiger partial charge in [0.25, 0.3) is 0 Å². The molecule has 2 aromatic heterocycles. The molecule has 0 unspecified atom stereocenters. The van der Waals surface area contributed by atoms with Crippen molar-refractivity contribution >= 4 is 22.8 Å². The lowest BCUT2D eigenvalue weighted by molar-refractivity contribution is -0.142. The first-order chi connectivity index (χ1) is 11.4. The standard InChI is InChI=1S/C16H24N6O2/c1-10-8-22(9-11(2)24-10)14(23)5-6-17-15-13-7-18-21(4)16(13)20-12(3)19-15/h7,10-11H,5-6,8-9H2,1-4H3,(H,17,19,20)/t10-,11+. The van der Waals surface area contributed by atoms with Crippen molar-refractivity contribution in [2.24, 2.45) is 7.05 Å². The Morgan fingerprint density at radius 1 is 1.33 bits per heavy atom. The van der Waals surface area contributed by atoms with Crippen molar-refractivity contribution in [2.75, 3.05) is 25.0 Å². The maximum atomic E-state index is 12.4. The molecule has 1 fully saturated rings. The van der Waals surface area contributed by atoms with Crippen molar-refractivity contribution in [3.05, 3.63) is 12.0 Å². The molecule has 8 nitrogen and oxygen atoms in total. The van der Waals surface area contributed by atoms with Crippen LogP contribution < -0.4 is 5.32 Å². The lowest BCUT2D eigenvalue weighted by Gasteiger charge is -2.35. The summed E-state index contributed by atoms with van der Waals surface area (Å²) in [5.41, 5.74) is 0.784. The van der Waals surface area contributed by atoms with Crippen molar-refractivity contribution in [2.45, 2.75) is 39.4 Å². The van der Waals surface area contributed by atoms with Crippen LogP contribution in [0, 0.1) is 6.92 Å². The van der Waals surface area contributed by atoms with Crippen LogP contribution in [0.5, 0.6) is 0 Å². The van der Waals surface area contributed by atoms with Gasteiger partial charge < -0.3 is 15.0 Å². The summed E-state index contributed by atoms with van der Waals surface area (Å²) in [5.74, 6) is 1.54. The Morgan fingerprint density at radius 3 is 2.75 bits per heavy atom. The minimum atomic E-state index is 0.0881. The van der Waals surface area contributed by atoms with Crippen molar-refractivity contribution in [1.82, 2.24) is 24.6 Å². The fourth-order valence-electron chi connectivity index (χ4n) is 3.09. The number of aromatic nitrogens is 4. The third-order valence-electron chi connectivity index (χ3n) is 4.11. The molecule has 1 aliphatic heterocycles. The van der Waals surface area contributed by atoms with E-state index in [0.29, 0.717) is 31.9 Å². The van der Waals surface area contributed by atoms with Gasteiger partial charge in [-0.05, 0) is 20.8 Å². The largest absolute Gasteiger partial charge is 0.372 e. The summed E-state index contributed by atoms with van der Waals surface area (Å²) in [4.78, 5) is 23.1. The predicted molar refractivity (Wildman–Crippen MR) is 90.7 cm³/mol. The van der Waals surface area contributed by atoms with Gasteiger partial charge in [-0.2, -0.15) is 5.10 Å². The van der Waals surface area contributed by atoms with E-state index in [1.54, 1.807) is 10.9 Å². The molecule has 0 spiro atoms. The van der Waals surface area contributed by atoms with Gasteiger partial charge >= 0.3 is 0 Å². The molecule has 1 aliphatic rings. The quantitative estimate of drug-likeness (QED) is 0.903. The van der Waals surface area contributed by atoms with E-state index in [2.05, 4.69) is 20.4 Å². The number of ether oxygens (including phenoxy) is 1. The first kappa shape index (κ1) is 16.6. The lowest BCUT2D eigenvalue weighted by Crippen LogP contribution is -2.48. The highest BCUT2D eigenvalue weighted by Gasteiger charge is 2.25. The van der Waals surface area contributed by atoms with Gasteiger partial charge in [0.1, 0.15) is 11.6 Å². The molecule has 3 rings (SSSR count). The number of rotatable bonds is 4. The lowest BCUT2D eigenvalue weighted by atomic mass is 10.2. The van der Waals surface area contributed by atoms with Crippen LogP contribution in [0.15, 0.2) is 6.20 Å². The third-order valence-corrected chi connectivity index (χ3v) is 4.11. The average Bonchev–Trinajstić information content (AvgIpc) is 2.87. The predicted octanol–water partition coefficient (Wildman–Crippen LogP) is 1.11. The minimum Gasteiger partial charge on any atom is -0.372 e. The first-order valence-electron chi connectivity index (χ1n) is 8.27. The summed E-state index contributed by atoms with van der Waals surface area (Å²) < 4.78 is 7.39. The highest BCUT2D eigenvalue weighted by molar-refractivity contribution is 5.86. The second-order valence-electron chi connectivity index (χ2n) is 6.36. The second-order valence-corrected chi connectivity index (χ2v) is 6.36. The number of aryl methyl sites for hydroxylation is 2. The molecular formula is C16H24N6O2. The number of morpholine rings is 1. The molecule has 130 valence electrons. The number of carbonyl (C=O) groups is 1. The van der Waals surface area contributed by atoms with E-state index in [0.717, 1.165) is 16.9 Å². The van der Waals surface area contributed by atoms with Crippen LogP contribution in [0.3, 0.4) is 0 Å². The fourth-order valence-corrected chi connectivity index (χ4v) is 3.09. The van der Waals surface area contributed by atoms with E-state index in [-0.39, 0.29) is 18.1 Å². The minimum absolute atomic E-state index is 0.0881. The van der Waals surface area contributed by atoms with Crippen LogP contribution in [-0.4, -0.2) is 62.4 Å². The summed E-state index contributed by atoms with van der Waals surface area (Å²) in [6, 6.07) is 0. The number of anilines is 1. The fraction of sp³-hybridized carbons (Fsp3) is 0.625. The number of fused-ring (bicyclic) bond motifs is 1. The molecule has 2 aromatic rings. The smallest absolute Gasteiger partial charge is 0.224 e. The van der Waals surface area contributed by atoms with Crippen molar-refractivity contribution in [1.29, 1.82) is 0 Å². The Hall–Kier alpha value is -2.22. The number of nitrogens with one attached hydrogen (secondary N) is 1. The zero-order chi connectivity index (χ0) is 17.3. The van der Waals surface area contributed by atoms with Crippen LogP contribution in [0.4, 0.5) is 5.82 Å². The topological polar surface area (TPSA) is 85.2 Å². The van der Waals surface area contributed by atoms with Gasteiger partial charge in [-0.25, -0.2) is 9.97 Å². The molecular weight excluding hydrogens is 308 g/mol. The van der Waals surface area contributed by atoms with Gasteiger partial charge in [-0.3, -0.25) is 9.48 Å².